The van der Waals surface area contributed by atoms with Crippen LogP contribution < -0.4 is 15.5 Å². The van der Waals surface area contributed by atoms with Gasteiger partial charge in [-0.2, -0.15) is 0 Å². The lowest BCUT2D eigenvalue weighted by Gasteiger charge is -2.31. The Hall–Kier alpha value is -1.16. The molecular formula is C19H32F2IN5. The summed E-state index contributed by atoms with van der Waals surface area (Å²) in [5.74, 6) is -0.294. The molecule has 0 aromatic heterocycles. The first kappa shape index (κ1) is 23.9. The van der Waals surface area contributed by atoms with Crippen LogP contribution in [0.1, 0.15) is 27.2 Å². The molecule has 0 radical (unpaired) electrons. The fourth-order valence-electron chi connectivity index (χ4n) is 2.76. The van der Waals surface area contributed by atoms with Gasteiger partial charge < -0.3 is 20.4 Å². The van der Waals surface area contributed by atoms with Gasteiger partial charge in [0.25, 0.3) is 0 Å². The predicted molar refractivity (Wildman–Crippen MR) is 119 cm³/mol. The summed E-state index contributed by atoms with van der Waals surface area (Å²) in [7, 11) is 4.09. The van der Waals surface area contributed by atoms with Gasteiger partial charge in [0.15, 0.2) is 5.96 Å². The van der Waals surface area contributed by atoms with Crippen molar-refractivity contribution in [2.75, 3.05) is 45.2 Å². The van der Waals surface area contributed by atoms with Crippen LogP contribution in [0.4, 0.5) is 14.5 Å². The Morgan fingerprint density at radius 3 is 2.63 bits per heavy atom. The van der Waals surface area contributed by atoms with Crippen LogP contribution in [0.15, 0.2) is 23.2 Å². The number of rotatable bonds is 6. The molecule has 27 heavy (non-hydrogen) atoms. The first-order valence-electron chi connectivity index (χ1n) is 9.15. The van der Waals surface area contributed by atoms with E-state index in [0.717, 1.165) is 31.5 Å². The minimum Gasteiger partial charge on any atom is -0.367 e. The summed E-state index contributed by atoms with van der Waals surface area (Å²) >= 11 is 0. The molecule has 154 valence electrons. The first-order valence-corrected chi connectivity index (χ1v) is 9.15. The standard InChI is InChI=1S/C19H31F2N5.HI/c1-6-22-18(23-13-19(2,3)25(4)5)24-15-9-10-26(12-15)17-8-7-14(20)11-16(17)21;/h7-8,11,15H,6,9-10,12-13H2,1-5H3,(H2,22,23,24);1H. The van der Waals surface area contributed by atoms with Gasteiger partial charge in [-0.25, -0.2) is 8.78 Å². The molecule has 2 rings (SSSR count). The molecule has 0 amide bonds. The van der Waals surface area contributed by atoms with E-state index in [1.165, 1.54) is 12.1 Å². The minimum atomic E-state index is -0.551. The van der Waals surface area contributed by atoms with Crippen LogP contribution in [0.3, 0.4) is 0 Å². The highest BCUT2D eigenvalue weighted by Gasteiger charge is 2.26. The minimum absolute atomic E-state index is 0. The van der Waals surface area contributed by atoms with Gasteiger partial charge in [0.2, 0.25) is 0 Å². The molecule has 1 saturated heterocycles. The van der Waals surface area contributed by atoms with Gasteiger partial charge in [0.05, 0.1) is 12.2 Å². The van der Waals surface area contributed by atoms with Crippen LogP contribution in [0.2, 0.25) is 0 Å². The molecule has 8 heteroatoms. The van der Waals surface area contributed by atoms with Crippen LogP contribution in [-0.2, 0) is 0 Å². The number of nitrogens with one attached hydrogen (secondary N) is 2. The summed E-state index contributed by atoms with van der Waals surface area (Å²) in [6, 6.07) is 3.91. The smallest absolute Gasteiger partial charge is 0.191 e. The third-order valence-corrected chi connectivity index (χ3v) is 4.96. The number of hydrogen-bond acceptors (Lipinski definition) is 3. The fourth-order valence-corrected chi connectivity index (χ4v) is 2.76. The number of likely N-dealkylation sites (N-methyl/N-ethyl adjacent to an activating group) is 1. The van der Waals surface area contributed by atoms with Crippen molar-refractivity contribution in [3.8, 4) is 0 Å². The highest BCUT2D eigenvalue weighted by Crippen LogP contribution is 2.24. The maximum absolute atomic E-state index is 14.0. The summed E-state index contributed by atoms with van der Waals surface area (Å²) in [6.45, 7) is 9.15. The molecule has 2 N–H and O–H groups in total. The van der Waals surface area contributed by atoms with Crippen LogP contribution in [0.5, 0.6) is 0 Å². The Kier molecular flexibility index (Phi) is 9.20. The second-order valence-electron chi connectivity index (χ2n) is 7.57. The van der Waals surface area contributed by atoms with E-state index in [9.17, 15) is 8.78 Å². The Morgan fingerprint density at radius 2 is 2.04 bits per heavy atom. The first-order chi connectivity index (χ1) is 12.2. The Labute approximate surface area is 178 Å². The number of anilines is 1. The number of aliphatic imine (C=N–C) groups is 1. The largest absolute Gasteiger partial charge is 0.367 e. The van der Waals surface area contributed by atoms with Crippen LogP contribution in [0.25, 0.3) is 0 Å². The highest BCUT2D eigenvalue weighted by molar-refractivity contribution is 14.0. The quantitative estimate of drug-likeness (QED) is 0.362. The summed E-state index contributed by atoms with van der Waals surface area (Å²) in [5, 5.41) is 6.71. The molecule has 1 fully saturated rings. The number of guanidine groups is 1. The average molecular weight is 495 g/mol. The van der Waals surface area contributed by atoms with Gasteiger partial charge in [0.1, 0.15) is 11.6 Å². The zero-order valence-corrected chi connectivity index (χ0v) is 19.2. The van der Waals surface area contributed by atoms with Gasteiger partial charge in [-0.05, 0) is 53.4 Å². The van der Waals surface area contributed by atoms with E-state index in [2.05, 4.69) is 29.4 Å². The van der Waals surface area contributed by atoms with E-state index in [-0.39, 0.29) is 35.6 Å². The molecule has 1 aromatic rings. The lowest BCUT2D eigenvalue weighted by atomic mass is 10.1. The zero-order valence-electron chi connectivity index (χ0n) is 16.9. The summed E-state index contributed by atoms with van der Waals surface area (Å²) in [4.78, 5) is 8.80. The molecular weight excluding hydrogens is 463 g/mol. The number of benzene rings is 1. The third-order valence-electron chi connectivity index (χ3n) is 4.96. The van der Waals surface area contributed by atoms with Crippen LogP contribution in [-0.4, -0.2) is 62.7 Å². The van der Waals surface area contributed by atoms with Gasteiger partial charge in [-0.3, -0.25) is 4.99 Å². The summed E-state index contributed by atoms with van der Waals surface area (Å²) in [5.41, 5.74) is 0.410. The number of halogens is 3. The van der Waals surface area contributed by atoms with Crippen LogP contribution in [0, 0.1) is 11.6 Å². The Bertz CT molecular complexity index is 637. The topological polar surface area (TPSA) is 42.9 Å². The zero-order chi connectivity index (χ0) is 19.3. The van der Waals surface area contributed by atoms with Crippen molar-refractivity contribution in [1.82, 2.24) is 15.5 Å². The van der Waals surface area contributed by atoms with E-state index in [0.29, 0.717) is 18.8 Å². The number of hydrogen-bond donors (Lipinski definition) is 2. The van der Waals surface area contributed by atoms with E-state index in [1.54, 1.807) is 0 Å². The molecule has 0 saturated carbocycles. The molecule has 1 unspecified atom stereocenters. The molecule has 1 aliphatic heterocycles. The predicted octanol–water partition coefficient (Wildman–Crippen LogP) is 3.06. The molecule has 1 atom stereocenters. The number of nitrogens with zero attached hydrogens (tertiary/aromatic N) is 3. The van der Waals surface area contributed by atoms with Gasteiger partial charge >= 0.3 is 0 Å². The van der Waals surface area contributed by atoms with Crippen molar-refractivity contribution in [1.29, 1.82) is 0 Å². The van der Waals surface area contributed by atoms with Crippen molar-refractivity contribution in [3.05, 3.63) is 29.8 Å². The molecule has 0 spiro atoms. The molecule has 0 aliphatic carbocycles. The second kappa shape index (κ2) is 10.4. The molecule has 1 aliphatic rings. The maximum atomic E-state index is 14.0. The van der Waals surface area contributed by atoms with Gasteiger partial charge in [0, 0.05) is 37.3 Å². The molecule has 1 aromatic carbocycles. The molecule has 0 bridgehead atoms. The van der Waals surface area contributed by atoms with Crippen molar-refractivity contribution < 1.29 is 8.78 Å². The summed E-state index contributed by atoms with van der Waals surface area (Å²) in [6.07, 6.45) is 0.873. The van der Waals surface area contributed by atoms with Crippen molar-refractivity contribution in [2.24, 2.45) is 4.99 Å². The lowest BCUT2D eigenvalue weighted by molar-refractivity contribution is 0.204. The normalized spacial score (nSPS) is 17.9. The molecule has 1 heterocycles. The van der Waals surface area contributed by atoms with E-state index >= 15 is 0 Å². The van der Waals surface area contributed by atoms with Crippen molar-refractivity contribution in [3.63, 3.8) is 0 Å². The molecule has 5 nitrogen and oxygen atoms in total. The van der Waals surface area contributed by atoms with E-state index in [4.69, 9.17) is 4.99 Å². The van der Waals surface area contributed by atoms with Crippen molar-refractivity contribution >= 4 is 35.6 Å². The Balaban J connectivity index is 0.00000364. The van der Waals surface area contributed by atoms with E-state index < -0.39 is 11.6 Å². The average Bonchev–Trinajstić information content (AvgIpc) is 3.01. The van der Waals surface area contributed by atoms with E-state index in [1.807, 2.05) is 25.9 Å². The van der Waals surface area contributed by atoms with Crippen LogP contribution >= 0.6 is 24.0 Å². The lowest BCUT2D eigenvalue weighted by Crippen LogP contribution is -2.47. The second-order valence-corrected chi connectivity index (χ2v) is 7.57. The Morgan fingerprint density at radius 1 is 1.33 bits per heavy atom. The SMILES string of the molecule is CCNC(=NCC(C)(C)N(C)C)NC1CCN(c2ccc(F)cc2F)C1.I. The fraction of sp³-hybridized carbons (Fsp3) is 0.632. The van der Waals surface area contributed by atoms with Crippen molar-refractivity contribution in [2.45, 2.75) is 38.8 Å². The van der Waals surface area contributed by atoms with Gasteiger partial charge in [-0.1, -0.05) is 0 Å². The van der Waals surface area contributed by atoms with Gasteiger partial charge in [-0.15, -0.1) is 24.0 Å². The highest BCUT2D eigenvalue weighted by atomic mass is 127. The maximum Gasteiger partial charge on any atom is 0.191 e. The summed E-state index contributed by atoms with van der Waals surface area (Å²) < 4.78 is 27.1. The third kappa shape index (κ3) is 6.74. The monoisotopic (exact) mass is 495 g/mol.